The maximum Gasteiger partial charge on any atom is 0.238 e. The van der Waals surface area contributed by atoms with Crippen LogP contribution in [0.3, 0.4) is 0 Å². The van der Waals surface area contributed by atoms with Gasteiger partial charge in [0.05, 0.1) is 16.6 Å². The van der Waals surface area contributed by atoms with Crippen LogP contribution in [0.25, 0.3) is 10.9 Å². The summed E-state index contributed by atoms with van der Waals surface area (Å²) in [6.07, 6.45) is 5.06. The van der Waals surface area contributed by atoms with Gasteiger partial charge in [0.2, 0.25) is 10.0 Å². The number of sulfonamides is 1. The highest BCUT2D eigenvalue weighted by Crippen LogP contribution is 2.25. The van der Waals surface area contributed by atoms with E-state index in [1.54, 1.807) is 43.0 Å². The molecule has 8 nitrogen and oxygen atoms in total. The van der Waals surface area contributed by atoms with Gasteiger partial charge in [-0.3, -0.25) is 4.98 Å². The lowest BCUT2D eigenvalue weighted by Crippen LogP contribution is -2.46. The van der Waals surface area contributed by atoms with Crippen LogP contribution in [-0.4, -0.2) is 49.5 Å². The van der Waals surface area contributed by atoms with Gasteiger partial charge in [-0.1, -0.05) is 0 Å². The lowest BCUT2D eigenvalue weighted by atomic mass is 10.2. The van der Waals surface area contributed by atoms with Gasteiger partial charge in [0.25, 0.3) is 0 Å². The second-order valence-corrected chi connectivity index (χ2v) is 7.66. The molecule has 0 bridgehead atoms. The van der Waals surface area contributed by atoms with Gasteiger partial charge in [-0.2, -0.15) is 0 Å². The predicted molar refractivity (Wildman–Crippen MR) is 99.6 cm³/mol. The smallest absolute Gasteiger partial charge is 0.238 e. The summed E-state index contributed by atoms with van der Waals surface area (Å²) in [6.45, 7) is 3.24. The second kappa shape index (κ2) is 6.50. The number of pyridine rings is 1. The molecule has 9 heteroatoms. The topological polar surface area (TPSA) is 105 Å². The molecule has 1 aliphatic heterocycles. The van der Waals surface area contributed by atoms with Crippen LogP contribution in [0.1, 0.15) is 0 Å². The third-order valence-corrected chi connectivity index (χ3v) is 5.46. The first-order chi connectivity index (χ1) is 12.5. The van der Waals surface area contributed by atoms with Crippen LogP contribution in [0, 0.1) is 0 Å². The zero-order valence-corrected chi connectivity index (χ0v) is 14.8. The third kappa shape index (κ3) is 3.18. The Kier molecular flexibility index (Phi) is 4.17. The molecule has 3 heterocycles. The Morgan fingerprint density at radius 2 is 1.62 bits per heavy atom. The lowest BCUT2D eigenvalue weighted by Gasteiger charge is -2.37. The Labute approximate surface area is 151 Å². The SMILES string of the molecule is NS(=O)(=O)c1ccc(N2CCN(c3ncnc4cnccc34)CC2)cc1. The van der Waals surface area contributed by atoms with Crippen LogP contribution >= 0.6 is 0 Å². The minimum absolute atomic E-state index is 0.126. The quantitative estimate of drug-likeness (QED) is 0.733. The molecule has 0 aliphatic carbocycles. The fourth-order valence-corrected chi connectivity index (χ4v) is 3.68. The van der Waals surface area contributed by atoms with Crippen molar-refractivity contribution in [3.05, 3.63) is 49.1 Å². The van der Waals surface area contributed by atoms with E-state index in [2.05, 4.69) is 24.8 Å². The number of primary sulfonamides is 1. The van der Waals surface area contributed by atoms with Crippen LogP contribution in [0.15, 0.2) is 53.9 Å². The standard InChI is InChI=1S/C17H18N6O2S/c18-26(24,25)14-3-1-13(2-4-14)22-7-9-23(10-8-22)17-15-5-6-19-11-16(15)20-12-21-17/h1-6,11-12H,7-10H2,(H2,18,24,25). The average molecular weight is 370 g/mol. The number of nitrogens with two attached hydrogens (primary N) is 1. The van der Waals surface area contributed by atoms with E-state index in [1.165, 1.54) is 0 Å². The van der Waals surface area contributed by atoms with Crippen molar-refractivity contribution in [2.24, 2.45) is 5.14 Å². The number of rotatable bonds is 3. The molecule has 1 aliphatic rings. The number of anilines is 2. The van der Waals surface area contributed by atoms with Gasteiger partial charge in [0, 0.05) is 43.4 Å². The summed E-state index contributed by atoms with van der Waals surface area (Å²) in [5.74, 6) is 0.918. The van der Waals surface area contributed by atoms with E-state index >= 15 is 0 Å². The van der Waals surface area contributed by atoms with Gasteiger partial charge >= 0.3 is 0 Å². The molecule has 0 radical (unpaired) electrons. The number of hydrogen-bond acceptors (Lipinski definition) is 7. The van der Waals surface area contributed by atoms with E-state index in [0.29, 0.717) is 0 Å². The van der Waals surface area contributed by atoms with Crippen LogP contribution in [0.5, 0.6) is 0 Å². The van der Waals surface area contributed by atoms with Crippen molar-refractivity contribution in [2.75, 3.05) is 36.0 Å². The summed E-state index contributed by atoms with van der Waals surface area (Å²) in [7, 11) is -3.66. The zero-order valence-electron chi connectivity index (χ0n) is 14.0. The van der Waals surface area contributed by atoms with E-state index in [9.17, 15) is 8.42 Å². The molecular weight excluding hydrogens is 352 g/mol. The number of benzene rings is 1. The van der Waals surface area contributed by atoms with Crippen molar-refractivity contribution in [2.45, 2.75) is 4.90 Å². The normalized spacial score (nSPS) is 15.4. The summed E-state index contributed by atoms with van der Waals surface area (Å²) in [5, 5.41) is 6.14. The maximum absolute atomic E-state index is 11.4. The lowest BCUT2D eigenvalue weighted by molar-refractivity contribution is 0.597. The van der Waals surface area contributed by atoms with Crippen molar-refractivity contribution in [3.63, 3.8) is 0 Å². The first-order valence-corrected chi connectivity index (χ1v) is 9.74. The molecule has 2 aromatic heterocycles. The Balaban J connectivity index is 1.50. The van der Waals surface area contributed by atoms with E-state index in [1.807, 2.05) is 6.07 Å². The summed E-state index contributed by atoms with van der Waals surface area (Å²) in [5.41, 5.74) is 1.81. The minimum atomic E-state index is -3.66. The number of piperazine rings is 1. The molecule has 0 atom stereocenters. The average Bonchev–Trinajstić information content (AvgIpc) is 2.67. The maximum atomic E-state index is 11.4. The van der Waals surface area contributed by atoms with Crippen LogP contribution < -0.4 is 14.9 Å². The highest BCUT2D eigenvalue weighted by Gasteiger charge is 2.20. The molecule has 1 saturated heterocycles. The van der Waals surface area contributed by atoms with Crippen LogP contribution in [0.2, 0.25) is 0 Å². The van der Waals surface area contributed by atoms with E-state index in [4.69, 9.17) is 5.14 Å². The Hall–Kier alpha value is -2.78. The van der Waals surface area contributed by atoms with Gasteiger partial charge in [-0.15, -0.1) is 0 Å². The van der Waals surface area contributed by atoms with Crippen molar-refractivity contribution in [3.8, 4) is 0 Å². The molecule has 26 heavy (non-hydrogen) atoms. The molecule has 0 unspecified atom stereocenters. The number of nitrogens with zero attached hydrogens (tertiary/aromatic N) is 5. The Morgan fingerprint density at radius 1 is 0.923 bits per heavy atom. The number of fused-ring (bicyclic) bond motifs is 1. The Morgan fingerprint density at radius 3 is 2.31 bits per heavy atom. The van der Waals surface area contributed by atoms with Crippen molar-refractivity contribution in [1.82, 2.24) is 15.0 Å². The molecule has 134 valence electrons. The van der Waals surface area contributed by atoms with Crippen LogP contribution in [-0.2, 0) is 10.0 Å². The first kappa shape index (κ1) is 16.7. The van der Waals surface area contributed by atoms with Crippen molar-refractivity contribution in [1.29, 1.82) is 0 Å². The van der Waals surface area contributed by atoms with Gasteiger partial charge < -0.3 is 9.80 Å². The molecule has 3 aromatic rings. The Bertz CT molecular complexity index is 1030. The van der Waals surface area contributed by atoms with Gasteiger partial charge in [0.15, 0.2) is 0 Å². The van der Waals surface area contributed by atoms with E-state index in [-0.39, 0.29) is 4.90 Å². The highest BCUT2D eigenvalue weighted by molar-refractivity contribution is 7.89. The van der Waals surface area contributed by atoms with E-state index in [0.717, 1.165) is 48.6 Å². The van der Waals surface area contributed by atoms with Gasteiger partial charge in [-0.25, -0.2) is 23.5 Å². The fraction of sp³-hybridized carbons (Fsp3) is 0.235. The zero-order chi connectivity index (χ0) is 18.1. The van der Waals surface area contributed by atoms with E-state index < -0.39 is 10.0 Å². The largest absolute Gasteiger partial charge is 0.368 e. The number of aromatic nitrogens is 3. The molecule has 1 aromatic carbocycles. The molecule has 0 saturated carbocycles. The van der Waals surface area contributed by atoms with Crippen molar-refractivity contribution < 1.29 is 8.42 Å². The molecule has 0 amide bonds. The third-order valence-electron chi connectivity index (χ3n) is 4.53. The molecule has 4 rings (SSSR count). The summed E-state index contributed by atoms with van der Waals surface area (Å²) < 4.78 is 22.7. The summed E-state index contributed by atoms with van der Waals surface area (Å²) in [6, 6.07) is 8.61. The van der Waals surface area contributed by atoms with Crippen molar-refractivity contribution >= 4 is 32.4 Å². The van der Waals surface area contributed by atoms with Crippen LogP contribution in [0.4, 0.5) is 11.5 Å². The number of hydrogen-bond donors (Lipinski definition) is 1. The van der Waals surface area contributed by atoms with Gasteiger partial charge in [-0.05, 0) is 30.3 Å². The molecule has 2 N–H and O–H groups in total. The second-order valence-electron chi connectivity index (χ2n) is 6.10. The first-order valence-electron chi connectivity index (χ1n) is 8.20. The molecule has 1 fully saturated rings. The summed E-state index contributed by atoms with van der Waals surface area (Å²) >= 11 is 0. The minimum Gasteiger partial charge on any atom is -0.368 e. The highest BCUT2D eigenvalue weighted by atomic mass is 32.2. The molecular formula is C17H18N6O2S. The molecule has 0 spiro atoms. The van der Waals surface area contributed by atoms with Gasteiger partial charge in [0.1, 0.15) is 12.1 Å². The summed E-state index contributed by atoms with van der Waals surface area (Å²) in [4.78, 5) is 17.4. The monoisotopic (exact) mass is 370 g/mol. The fourth-order valence-electron chi connectivity index (χ4n) is 3.17. The predicted octanol–water partition coefficient (Wildman–Crippen LogP) is 0.999.